The number of ether oxygens (including phenoxy) is 5. The summed E-state index contributed by atoms with van der Waals surface area (Å²) in [6.07, 6.45) is -3.14. The van der Waals surface area contributed by atoms with Crippen LogP contribution in [0.4, 0.5) is 0 Å². The summed E-state index contributed by atoms with van der Waals surface area (Å²) in [5, 5.41) is 46.7. The van der Waals surface area contributed by atoms with Crippen LogP contribution in [0.25, 0.3) is 0 Å². The number of aliphatic hydroxyl groups excluding tert-OH is 2. The highest BCUT2D eigenvalue weighted by atomic mass is 16.7. The van der Waals surface area contributed by atoms with Gasteiger partial charge in [0, 0.05) is 41.8 Å². The lowest BCUT2D eigenvalue weighted by molar-refractivity contribution is -0.293. The van der Waals surface area contributed by atoms with Crippen molar-refractivity contribution in [3.63, 3.8) is 0 Å². The summed E-state index contributed by atoms with van der Waals surface area (Å²) < 4.78 is 28.8. The molecule has 14 atom stereocenters. The van der Waals surface area contributed by atoms with Crippen molar-refractivity contribution in [1.82, 2.24) is 0 Å². The third kappa shape index (κ3) is 2.22. The largest absolute Gasteiger partial charge is 0.451 e. The van der Waals surface area contributed by atoms with Crippen LogP contribution in [0.2, 0.25) is 0 Å². The molecule has 37 heavy (non-hydrogen) atoms. The maximum atomic E-state index is 12.8. The van der Waals surface area contributed by atoms with Crippen molar-refractivity contribution in [3.05, 3.63) is 11.6 Å². The third-order valence-electron chi connectivity index (χ3n) is 11.8. The molecule has 4 heterocycles. The molecule has 4 aliphatic heterocycles. The van der Waals surface area contributed by atoms with Crippen LogP contribution in [-0.4, -0.2) is 98.7 Å². The average molecular weight is 523 g/mol. The number of hydrogen-bond donors (Lipinski definition) is 4. The van der Waals surface area contributed by atoms with Crippen LogP contribution >= 0.6 is 0 Å². The Morgan fingerprint density at radius 1 is 1.05 bits per heavy atom. The molecule has 3 saturated heterocycles. The lowest BCUT2D eigenvalue weighted by Crippen LogP contribution is -2.78. The zero-order chi connectivity index (χ0) is 26.7. The molecule has 0 aromatic rings. The summed E-state index contributed by atoms with van der Waals surface area (Å²) >= 11 is 0. The van der Waals surface area contributed by atoms with Gasteiger partial charge < -0.3 is 44.1 Å². The summed E-state index contributed by atoms with van der Waals surface area (Å²) in [6.45, 7) is 6.78. The van der Waals surface area contributed by atoms with Gasteiger partial charge in [-0.1, -0.05) is 13.8 Å². The number of epoxide rings is 1. The zero-order valence-electron chi connectivity index (χ0n) is 21.5. The van der Waals surface area contributed by atoms with E-state index in [0.29, 0.717) is 18.4 Å². The van der Waals surface area contributed by atoms with Crippen LogP contribution in [0, 0.1) is 22.7 Å². The van der Waals surface area contributed by atoms with Gasteiger partial charge >= 0.3 is 11.9 Å². The van der Waals surface area contributed by atoms with E-state index in [0.717, 1.165) is 0 Å². The Kier molecular flexibility index (Phi) is 4.34. The summed E-state index contributed by atoms with van der Waals surface area (Å²) in [5.41, 5.74) is -8.30. The molecule has 0 amide bonds. The van der Waals surface area contributed by atoms with Crippen molar-refractivity contribution >= 4 is 11.9 Å². The van der Waals surface area contributed by atoms with E-state index in [1.165, 1.54) is 14.0 Å². The van der Waals surface area contributed by atoms with Gasteiger partial charge in [-0.25, -0.2) is 9.59 Å². The van der Waals surface area contributed by atoms with Gasteiger partial charge in [0.05, 0.1) is 30.0 Å². The van der Waals surface area contributed by atoms with Crippen molar-refractivity contribution in [1.29, 1.82) is 0 Å². The molecule has 1 spiro atoms. The molecule has 0 radical (unpaired) electrons. The number of rotatable bonds is 2. The van der Waals surface area contributed by atoms with Crippen LogP contribution in [0.3, 0.4) is 0 Å². The first-order chi connectivity index (χ1) is 17.1. The van der Waals surface area contributed by atoms with Crippen LogP contribution in [0.15, 0.2) is 11.6 Å². The molecule has 3 saturated carbocycles. The Morgan fingerprint density at radius 3 is 2.41 bits per heavy atom. The summed E-state index contributed by atoms with van der Waals surface area (Å²) in [7, 11) is 1.46. The molecule has 3 aliphatic carbocycles. The Hall–Kier alpha value is -1.60. The number of aliphatic hydroxyl groups is 4. The molecule has 0 aromatic heterocycles. The molecular weight excluding hydrogens is 488 g/mol. The van der Waals surface area contributed by atoms with E-state index in [1.807, 2.05) is 6.92 Å². The number of methoxy groups -OCH3 is 1. The highest BCUT2D eigenvalue weighted by Crippen LogP contribution is 2.79. The first kappa shape index (κ1) is 24.4. The Balaban J connectivity index is 1.36. The van der Waals surface area contributed by atoms with E-state index in [4.69, 9.17) is 23.7 Å². The number of carbonyl (C=O) groups excluding carboxylic acids is 2. The smallest absolute Gasteiger partial charge is 0.338 e. The van der Waals surface area contributed by atoms with E-state index >= 15 is 0 Å². The van der Waals surface area contributed by atoms with Crippen molar-refractivity contribution < 1.29 is 53.7 Å². The van der Waals surface area contributed by atoms with Crippen molar-refractivity contribution in [2.75, 3.05) is 7.11 Å². The number of hydrogen-bond acceptors (Lipinski definition) is 11. The average Bonchev–Trinajstić information content (AvgIpc) is 3.14. The highest BCUT2D eigenvalue weighted by molar-refractivity contribution is 5.91. The van der Waals surface area contributed by atoms with E-state index in [9.17, 15) is 30.0 Å². The van der Waals surface area contributed by atoms with Crippen LogP contribution in [-0.2, 0) is 33.3 Å². The van der Waals surface area contributed by atoms with Gasteiger partial charge in [0.2, 0.25) is 6.29 Å². The molecule has 204 valence electrons. The first-order valence-electron chi connectivity index (χ1n) is 13.0. The number of esters is 2. The molecule has 6 fully saturated rings. The SMILES string of the molecule is CO[C@@H]1C=C([C@@H]2C[C@H]3O[C@@]34[C@@]2(C)C[C@H]2O[C@H]3C[C@H](O)[C@]5(C)OC(=O)[C@H](O)[C@]5(O)[C@@]3(C)[C@@H]2[C@@]4(C)O)C(=O)O1. The van der Waals surface area contributed by atoms with Crippen molar-refractivity contribution in [3.8, 4) is 0 Å². The molecule has 7 rings (SSSR count). The third-order valence-corrected chi connectivity index (χ3v) is 11.8. The lowest BCUT2D eigenvalue weighted by atomic mass is 9.43. The maximum absolute atomic E-state index is 12.8. The lowest BCUT2D eigenvalue weighted by Gasteiger charge is -2.62. The second kappa shape index (κ2) is 6.57. The first-order valence-corrected chi connectivity index (χ1v) is 13.0. The second-order valence-corrected chi connectivity index (χ2v) is 12.9. The fourth-order valence-corrected chi connectivity index (χ4v) is 10.1. The predicted octanol–water partition coefficient (Wildman–Crippen LogP) is -0.677. The van der Waals surface area contributed by atoms with Gasteiger partial charge in [0.15, 0.2) is 17.3 Å². The fourth-order valence-electron chi connectivity index (χ4n) is 10.1. The number of carbonyl (C=O) groups is 2. The predicted molar refractivity (Wildman–Crippen MR) is 120 cm³/mol. The maximum Gasteiger partial charge on any atom is 0.338 e. The Labute approximate surface area is 213 Å². The normalized spacial score (nSPS) is 63.1. The summed E-state index contributed by atoms with van der Waals surface area (Å²) in [4.78, 5) is 25.4. The van der Waals surface area contributed by atoms with E-state index < -0.39 is 81.8 Å². The fraction of sp³-hybridized carbons (Fsp3) is 0.846. The Morgan fingerprint density at radius 2 is 1.76 bits per heavy atom. The molecule has 0 aromatic carbocycles. The van der Waals surface area contributed by atoms with Crippen LogP contribution in [0.5, 0.6) is 0 Å². The summed E-state index contributed by atoms with van der Waals surface area (Å²) in [5.74, 6) is -2.54. The minimum atomic E-state index is -2.24. The Bertz CT molecular complexity index is 1150. The van der Waals surface area contributed by atoms with Crippen LogP contribution < -0.4 is 0 Å². The molecule has 0 unspecified atom stereocenters. The van der Waals surface area contributed by atoms with E-state index in [2.05, 4.69) is 0 Å². The molecule has 0 bridgehead atoms. The van der Waals surface area contributed by atoms with Crippen LogP contribution in [0.1, 0.15) is 47.0 Å². The van der Waals surface area contributed by atoms with E-state index in [-0.39, 0.29) is 18.4 Å². The van der Waals surface area contributed by atoms with E-state index in [1.54, 1.807) is 19.9 Å². The topological polar surface area (TPSA) is 165 Å². The van der Waals surface area contributed by atoms with Gasteiger partial charge in [-0.3, -0.25) is 0 Å². The molecule has 4 N–H and O–H groups in total. The van der Waals surface area contributed by atoms with Crippen molar-refractivity contribution in [2.45, 2.75) is 106 Å². The quantitative estimate of drug-likeness (QED) is 0.268. The molecule has 11 nitrogen and oxygen atoms in total. The van der Waals surface area contributed by atoms with Crippen molar-refractivity contribution in [2.24, 2.45) is 22.7 Å². The summed E-state index contributed by atoms with van der Waals surface area (Å²) in [6, 6.07) is 0. The standard InChI is InChI=1S/C26H34O11/c1-21-9-12-17(22(2)14(34-12)8-13(27)24(4)25(22,32)18(28)20(30)37-24)23(3,31)26(21)15(36-26)7-11(21)10-6-16(33-5)35-19(10)29/h6,11-18,27-28,31-32H,7-9H2,1-5H3/t11-,12+,13-,14-,15+,16-,17+,18-,21-,22+,23+,24-,25-,26+/m0/s1. The number of cyclic esters (lactones) is 1. The molecule has 7 aliphatic rings. The monoisotopic (exact) mass is 522 g/mol. The molecular formula is C26H34O11. The van der Waals surface area contributed by atoms with Gasteiger partial charge in [-0.05, 0) is 32.8 Å². The molecule has 11 heteroatoms. The van der Waals surface area contributed by atoms with Gasteiger partial charge in [-0.2, -0.15) is 0 Å². The second-order valence-electron chi connectivity index (χ2n) is 12.9. The van der Waals surface area contributed by atoms with Gasteiger partial charge in [-0.15, -0.1) is 0 Å². The zero-order valence-corrected chi connectivity index (χ0v) is 21.5. The number of fused-ring (bicyclic) bond motifs is 5. The van der Waals surface area contributed by atoms with Gasteiger partial charge in [0.1, 0.15) is 5.60 Å². The minimum absolute atomic E-state index is 0.0445. The minimum Gasteiger partial charge on any atom is -0.451 e. The van der Waals surface area contributed by atoms with Gasteiger partial charge in [0.25, 0.3) is 0 Å². The highest BCUT2D eigenvalue weighted by Gasteiger charge is 2.91.